The van der Waals surface area contributed by atoms with Crippen LogP contribution in [-0.2, 0) is 14.3 Å². The van der Waals surface area contributed by atoms with Gasteiger partial charge in [-0.1, -0.05) is 45.7 Å². The van der Waals surface area contributed by atoms with Crippen LogP contribution in [0.5, 0.6) is 0 Å². The molecule has 4 nitrogen and oxygen atoms in total. The third kappa shape index (κ3) is 12.4. The molecule has 6 heteroatoms. The van der Waals surface area contributed by atoms with Crippen LogP contribution in [0.1, 0.15) is 33.6 Å². The maximum absolute atomic E-state index is 10.9. The molecule has 108 valence electrons. The van der Waals surface area contributed by atoms with E-state index >= 15 is 0 Å². The van der Waals surface area contributed by atoms with E-state index in [0.717, 1.165) is 17.1 Å². The Morgan fingerprint density at radius 3 is 1.83 bits per heavy atom. The Bertz CT molecular complexity index is 234. The molecule has 0 aromatic carbocycles. The van der Waals surface area contributed by atoms with Crippen LogP contribution < -0.4 is 0 Å². The number of alkyl halides is 2. The van der Waals surface area contributed by atoms with E-state index in [2.05, 4.69) is 31.9 Å². The topological polar surface area (TPSA) is 63.6 Å². The van der Waals surface area contributed by atoms with Crippen LogP contribution in [0.4, 0.5) is 0 Å². The second-order valence-corrected chi connectivity index (χ2v) is 5.43. The van der Waals surface area contributed by atoms with Gasteiger partial charge in [-0.2, -0.15) is 0 Å². The van der Waals surface area contributed by atoms with Gasteiger partial charge >= 0.3 is 11.9 Å². The molecule has 0 saturated carbocycles. The molecule has 0 aromatic rings. The lowest BCUT2D eigenvalue weighted by Gasteiger charge is -2.07. The number of carbonyl (C=O) groups is 2. The number of carboxylic acids is 1. The van der Waals surface area contributed by atoms with Gasteiger partial charge in [-0.25, -0.2) is 0 Å². The van der Waals surface area contributed by atoms with Gasteiger partial charge in [0.25, 0.3) is 0 Å². The van der Waals surface area contributed by atoms with Crippen LogP contribution in [0, 0.1) is 11.8 Å². The normalized spacial score (nSPS) is 12.9. The number of hydrogen-bond donors (Lipinski definition) is 1. The first-order valence-electron chi connectivity index (χ1n) is 5.91. The van der Waals surface area contributed by atoms with Crippen molar-refractivity contribution in [3.63, 3.8) is 0 Å². The largest absolute Gasteiger partial charge is 0.481 e. The fourth-order valence-corrected chi connectivity index (χ4v) is 2.23. The predicted molar refractivity (Wildman–Crippen MR) is 79.4 cm³/mol. The summed E-state index contributed by atoms with van der Waals surface area (Å²) in [4.78, 5) is 21.0. The highest BCUT2D eigenvalue weighted by Gasteiger charge is 2.11. The number of aliphatic carboxylic acids is 1. The summed E-state index contributed by atoms with van der Waals surface area (Å²) in [6, 6.07) is 0. The number of carboxylic acid groups (broad SMARTS) is 1. The average Bonchev–Trinajstić information content (AvgIpc) is 2.30. The second kappa shape index (κ2) is 13.3. The van der Waals surface area contributed by atoms with Crippen molar-refractivity contribution in [2.45, 2.75) is 33.6 Å². The van der Waals surface area contributed by atoms with Crippen molar-refractivity contribution < 1.29 is 19.4 Å². The monoisotopic (exact) mass is 388 g/mol. The first kappa shape index (κ1) is 20.2. The first-order valence-corrected chi connectivity index (χ1v) is 8.16. The van der Waals surface area contributed by atoms with Crippen LogP contribution in [-0.4, -0.2) is 34.3 Å². The maximum atomic E-state index is 10.9. The summed E-state index contributed by atoms with van der Waals surface area (Å²) >= 11 is 6.42. The number of hydrogen-bond acceptors (Lipinski definition) is 3. The van der Waals surface area contributed by atoms with Gasteiger partial charge in [0, 0.05) is 10.7 Å². The molecule has 0 rings (SSSR count). The molecule has 0 fully saturated rings. The Labute approximate surface area is 126 Å². The van der Waals surface area contributed by atoms with E-state index in [-0.39, 0.29) is 17.8 Å². The Morgan fingerprint density at radius 1 is 1.11 bits per heavy atom. The number of rotatable bonds is 7. The number of ether oxygens (including phenoxy) is 1. The maximum Gasteiger partial charge on any atom is 0.308 e. The first-order chi connectivity index (χ1) is 8.40. The Morgan fingerprint density at radius 2 is 1.56 bits per heavy atom. The van der Waals surface area contributed by atoms with E-state index in [1.165, 1.54) is 0 Å². The predicted octanol–water partition coefficient (Wildman–Crippen LogP) is 3.46. The third-order valence-electron chi connectivity index (χ3n) is 2.19. The molecule has 18 heavy (non-hydrogen) atoms. The summed E-state index contributed by atoms with van der Waals surface area (Å²) in [6.07, 6.45) is 1.55. The molecule has 0 aliphatic carbocycles. The Balaban J connectivity index is 0. The second-order valence-electron chi connectivity index (χ2n) is 3.85. The molecular formula is C12H22Br2O4. The lowest BCUT2D eigenvalue weighted by Crippen LogP contribution is -2.14. The minimum Gasteiger partial charge on any atom is -0.481 e. The zero-order valence-corrected chi connectivity index (χ0v) is 14.3. The van der Waals surface area contributed by atoms with Crippen molar-refractivity contribution in [3.8, 4) is 0 Å². The zero-order valence-electron chi connectivity index (χ0n) is 11.1. The standard InChI is InChI=1S/C7H13BrO2.C5H9BrO2/c1-3-10-7(9)6(2)4-5-8;1-4(2-3-6)5(7)8/h6H,3-5H2,1-2H3;4H,2-3H2,1H3,(H,7,8). The minimum absolute atomic E-state index is 0.0272. The van der Waals surface area contributed by atoms with Crippen LogP contribution in [0.15, 0.2) is 0 Å². The highest BCUT2D eigenvalue weighted by molar-refractivity contribution is 9.09. The molecule has 2 atom stereocenters. The van der Waals surface area contributed by atoms with Crippen LogP contribution in [0.25, 0.3) is 0 Å². The molecule has 0 aromatic heterocycles. The van der Waals surface area contributed by atoms with Gasteiger partial charge in [-0.05, 0) is 19.8 Å². The lowest BCUT2D eigenvalue weighted by atomic mass is 10.1. The summed E-state index contributed by atoms with van der Waals surface area (Å²) in [6.45, 7) is 5.87. The van der Waals surface area contributed by atoms with Crippen LogP contribution in [0.2, 0.25) is 0 Å². The van der Waals surface area contributed by atoms with Crippen molar-refractivity contribution in [3.05, 3.63) is 0 Å². The molecule has 0 heterocycles. The van der Waals surface area contributed by atoms with Crippen LogP contribution in [0.3, 0.4) is 0 Å². The van der Waals surface area contributed by atoms with Gasteiger partial charge in [-0.15, -0.1) is 0 Å². The fourth-order valence-electron chi connectivity index (χ4n) is 0.853. The Kier molecular flexibility index (Phi) is 15.0. The average molecular weight is 390 g/mol. The molecule has 0 aliphatic rings. The number of halogens is 2. The fraction of sp³-hybridized carbons (Fsp3) is 0.833. The molecule has 0 bridgehead atoms. The highest BCUT2D eigenvalue weighted by atomic mass is 79.9. The highest BCUT2D eigenvalue weighted by Crippen LogP contribution is 2.06. The zero-order chi connectivity index (χ0) is 14.6. The summed E-state index contributed by atoms with van der Waals surface area (Å²) in [7, 11) is 0. The molecular weight excluding hydrogens is 368 g/mol. The van der Waals surface area contributed by atoms with E-state index in [1.807, 2.05) is 13.8 Å². The van der Waals surface area contributed by atoms with Crippen molar-refractivity contribution in [2.24, 2.45) is 11.8 Å². The van der Waals surface area contributed by atoms with E-state index in [1.54, 1.807) is 6.92 Å². The molecule has 1 N–H and O–H groups in total. The molecule has 0 aliphatic heterocycles. The molecule has 0 saturated heterocycles. The van der Waals surface area contributed by atoms with Gasteiger partial charge in [0.1, 0.15) is 0 Å². The van der Waals surface area contributed by atoms with E-state index in [4.69, 9.17) is 9.84 Å². The third-order valence-corrected chi connectivity index (χ3v) is 3.11. The van der Waals surface area contributed by atoms with E-state index < -0.39 is 5.97 Å². The SMILES string of the molecule is CC(CCBr)C(=O)O.CCOC(=O)C(C)CCBr. The summed E-state index contributed by atoms with van der Waals surface area (Å²) in [5, 5.41) is 9.91. The van der Waals surface area contributed by atoms with Crippen molar-refractivity contribution in [1.82, 2.24) is 0 Å². The lowest BCUT2D eigenvalue weighted by molar-refractivity contribution is -0.147. The van der Waals surface area contributed by atoms with Gasteiger partial charge in [-0.3, -0.25) is 9.59 Å². The molecule has 2 unspecified atom stereocenters. The van der Waals surface area contributed by atoms with Crippen molar-refractivity contribution in [1.29, 1.82) is 0 Å². The summed E-state index contributed by atoms with van der Waals surface area (Å²) < 4.78 is 4.80. The summed E-state index contributed by atoms with van der Waals surface area (Å²) in [5.74, 6) is -1.000. The quantitative estimate of drug-likeness (QED) is 0.534. The van der Waals surface area contributed by atoms with E-state index in [9.17, 15) is 9.59 Å². The Hall–Kier alpha value is -0.100. The van der Waals surface area contributed by atoms with Crippen molar-refractivity contribution >= 4 is 43.8 Å². The molecule has 0 spiro atoms. The van der Waals surface area contributed by atoms with Gasteiger partial charge in [0.2, 0.25) is 0 Å². The van der Waals surface area contributed by atoms with Gasteiger partial charge in [0.05, 0.1) is 18.4 Å². The van der Waals surface area contributed by atoms with Gasteiger partial charge < -0.3 is 9.84 Å². The number of esters is 1. The molecule has 0 amide bonds. The molecule has 0 radical (unpaired) electrons. The van der Waals surface area contributed by atoms with E-state index in [0.29, 0.717) is 13.0 Å². The van der Waals surface area contributed by atoms with Crippen molar-refractivity contribution in [2.75, 3.05) is 17.3 Å². The summed E-state index contributed by atoms with van der Waals surface area (Å²) in [5.41, 5.74) is 0. The minimum atomic E-state index is -0.718. The van der Waals surface area contributed by atoms with Crippen LogP contribution >= 0.6 is 31.9 Å². The smallest absolute Gasteiger partial charge is 0.308 e. The van der Waals surface area contributed by atoms with Gasteiger partial charge in [0.15, 0.2) is 0 Å². The number of carbonyl (C=O) groups excluding carboxylic acids is 1.